The average molecular weight is 424 g/mol. The second-order valence-corrected chi connectivity index (χ2v) is 7.54. The van der Waals surface area contributed by atoms with Gasteiger partial charge in [0.15, 0.2) is 23.6 Å². The van der Waals surface area contributed by atoms with Crippen LogP contribution in [0.25, 0.3) is 11.1 Å². The summed E-state index contributed by atoms with van der Waals surface area (Å²) in [6.07, 6.45) is -0.254. The van der Waals surface area contributed by atoms with Crippen LogP contribution in [0.15, 0.2) is 48.7 Å². The van der Waals surface area contributed by atoms with Crippen LogP contribution in [-0.4, -0.2) is 19.8 Å². The fourth-order valence-corrected chi connectivity index (χ4v) is 3.80. The van der Waals surface area contributed by atoms with Gasteiger partial charge in [0.05, 0.1) is 19.8 Å². The standard InChI is InChI=1S/C22H20F4O4/c1-2-7-21-11-28-22(29-12-21,30-13-21)16-5-3-14(4-6-16)15-8-17(23)20(18(24)9-15)27-10-19(25)26/h3-6,8-10H,2,7,11-13H2,1H3. The lowest BCUT2D eigenvalue weighted by molar-refractivity contribution is -0.480. The largest absolute Gasteiger partial charge is 0.453 e. The molecule has 0 aromatic heterocycles. The third-order valence-corrected chi connectivity index (χ3v) is 5.32. The molecule has 2 aromatic rings. The Kier molecular flexibility index (Phi) is 5.57. The minimum atomic E-state index is -2.20. The van der Waals surface area contributed by atoms with Crippen LogP contribution < -0.4 is 4.74 Å². The molecule has 3 heterocycles. The van der Waals surface area contributed by atoms with E-state index >= 15 is 0 Å². The van der Waals surface area contributed by atoms with Crippen LogP contribution in [0.2, 0.25) is 0 Å². The molecular weight excluding hydrogens is 404 g/mol. The first kappa shape index (κ1) is 20.8. The predicted octanol–water partition coefficient (Wildman–Crippen LogP) is 5.72. The van der Waals surface area contributed by atoms with Gasteiger partial charge < -0.3 is 18.9 Å². The molecule has 0 unspecified atom stereocenters. The average Bonchev–Trinajstić information content (AvgIpc) is 2.74. The fraction of sp³-hybridized carbons (Fsp3) is 0.364. The van der Waals surface area contributed by atoms with Gasteiger partial charge in [-0.05, 0) is 29.7 Å². The van der Waals surface area contributed by atoms with E-state index in [-0.39, 0.29) is 17.2 Å². The summed E-state index contributed by atoms with van der Waals surface area (Å²) in [5, 5.41) is 0. The van der Waals surface area contributed by atoms with Gasteiger partial charge in [0.1, 0.15) is 0 Å². The van der Waals surface area contributed by atoms with Crippen LogP contribution in [0, 0.1) is 17.0 Å². The van der Waals surface area contributed by atoms with Gasteiger partial charge in [-0.3, -0.25) is 0 Å². The van der Waals surface area contributed by atoms with Crippen molar-refractivity contribution >= 4 is 0 Å². The molecule has 0 radical (unpaired) electrons. The second-order valence-electron chi connectivity index (χ2n) is 7.54. The van der Waals surface area contributed by atoms with E-state index in [1.165, 1.54) is 0 Å². The highest BCUT2D eigenvalue weighted by molar-refractivity contribution is 5.65. The Morgan fingerprint density at radius 3 is 2.03 bits per heavy atom. The molecule has 160 valence electrons. The number of fused-ring (bicyclic) bond motifs is 3. The molecule has 5 rings (SSSR count). The van der Waals surface area contributed by atoms with E-state index in [9.17, 15) is 17.6 Å². The first-order valence-corrected chi connectivity index (χ1v) is 9.56. The molecule has 4 nitrogen and oxygen atoms in total. The lowest BCUT2D eigenvalue weighted by Gasteiger charge is -2.51. The smallest absolute Gasteiger partial charge is 0.312 e. The maximum atomic E-state index is 14.1. The van der Waals surface area contributed by atoms with Gasteiger partial charge in [-0.2, -0.15) is 8.78 Å². The van der Waals surface area contributed by atoms with Gasteiger partial charge in [0, 0.05) is 11.0 Å². The van der Waals surface area contributed by atoms with E-state index in [4.69, 9.17) is 14.2 Å². The Morgan fingerprint density at radius 2 is 1.53 bits per heavy atom. The zero-order valence-corrected chi connectivity index (χ0v) is 16.2. The van der Waals surface area contributed by atoms with Gasteiger partial charge in [0.2, 0.25) is 0 Å². The molecule has 3 fully saturated rings. The molecule has 0 aliphatic carbocycles. The molecule has 2 aromatic carbocycles. The molecule has 0 N–H and O–H groups in total. The summed E-state index contributed by atoms with van der Waals surface area (Å²) in [6, 6.07) is 8.74. The highest BCUT2D eigenvalue weighted by atomic mass is 19.3. The summed E-state index contributed by atoms with van der Waals surface area (Å²) in [6.45, 7) is 3.71. The minimum Gasteiger partial charge on any atom is -0.453 e. The van der Waals surface area contributed by atoms with Gasteiger partial charge in [-0.15, -0.1) is 0 Å². The molecule has 3 aliphatic heterocycles. The molecule has 0 atom stereocenters. The summed E-state index contributed by atoms with van der Waals surface area (Å²) in [4.78, 5) is 0. The van der Waals surface area contributed by atoms with Crippen molar-refractivity contribution in [2.75, 3.05) is 19.8 Å². The van der Waals surface area contributed by atoms with Crippen molar-refractivity contribution in [2.24, 2.45) is 5.41 Å². The topological polar surface area (TPSA) is 36.9 Å². The summed E-state index contributed by atoms with van der Waals surface area (Å²) in [5.74, 6) is -4.35. The number of hydrogen-bond acceptors (Lipinski definition) is 4. The van der Waals surface area contributed by atoms with Crippen LogP contribution in [0.4, 0.5) is 17.6 Å². The number of ether oxygens (including phenoxy) is 4. The van der Waals surface area contributed by atoms with Gasteiger partial charge in [-0.25, -0.2) is 8.78 Å². The van der Waals surface area contributed by atoms with Crippen LogP contribution in [0.3, 0.4) is 0 Å². The highest BCUT2D eigenvalue weighted by Crippen LogP contribution is 2.46. The van der Waals surface area contributed by atoms with Crippen LogP contribution >= 0.6 is 0 Å². The Labute approximate surface area is 171 Å². The first-order valence-electron chi connectivity index (χ1n) is 9.56. The number of hydrogen-bond donors (Lipinski definition) is 0. The number of rotatable bonds is 6. The minimum absolute atomic E-state index is 0.0151. The zero-order chi connectivity index (χ0) is 21.4. The van der Waals surface area contributed by atoms with Crippen molar-refractivity contribution in [1.29, 1.82) is 0 Å². The van der Waals surface area contributed by atoms with Crippen molar-refractivity contribution in [2.45, 2.75) is 25.7 Å². The van der Waals surface area contributed by atoms with Crippen molar-refractivity contribution in [1.82, 2.24) is 0 Å². The summed E-state index contributed by atoms with van der Waals surface area (Å²) >= 11 is 0. The monoisotopic (exact) mass is 424 g/mol. The lowest BCUT2D eigenvalue weighted by atomic mass is 9.83. The molecule has 0 saturated carbocycles. The van der Waals surface area contributed by atoms with Crippen LogP contribution in [0.1, 0.15) is 25.3 Å². The summed E-state index contributed by atoms with van der Waals surface area (Å²) < 4.78 is 74.6. The maximum Gasteiger partial charge on any atom is 0.312 e. The Hall–Kier alpha value is -2.42. The van der Waals surface area contributed by atoms with Crippen molar-refractivity contribution in [3.8, 4) is 16.9 Å². The molecule has 30 heavy (non-hydrogen) atoms. The van der Waals surface area contributed by atoms with Crippen molar-refractivity contribution < 1.29 is 36.5 Å². The normalized spacial score (nSPS) is 25.2. The molecule has 3 saturated heterocycles. The van der Waals surface area contributed by atoms with E-state index in [1.807, 2.05) is 0 Å². The third-order valence-electron chi connectivity index (χ3n) is 5.32. The first-order chi connectivity index (χ1) is 14.4. The Morgan fingerprint density at radius 1 is 0.967 bits per heavy atom. The van der Waals surface area contributed by atoms with Crippen molar-refractivity contribution in [3.63, 3.8) is 0 Å². The van der Waals surface area contributed by atoms with Crippen molar-refractivity contribution in [3.05, 3.63) is 65.9 Å². The molecule has 8 heteroatoms. The van der Waals surface area contributed by atoms with Crippen LogP contribution in [-0.2, 0) is 20.2 Å². The van der Waals surface area contributed by atoms with E-state index < -0.39 is 29.4 Å². The van der Waals surface area contributed by atoms with Gasteiger partial charge >= 0.3 is 12.1 Å². The van der Waals surface area contributed by atoms with E-state index in [0.29, 0.717) is 30.9 Å². The zero-order valence-electron chi connectivity index (χ0n) is 16.2. The van der Waals surface area contributed by atoms with E-state index in [1.54, 1.807) is 24.3 Å². The number of benzene rings is 2. The van der Waals surface area contributed by atoms with E-state index in [2.05, 4.69) is 11.7 Å². The number of halogens is 4. The molecule has 2 bridgehead atoms. The fourth-order valence-electron chi connectivity index (χ4n) is 3.80. The molecule has 0 spiro atoms. The molecule has 0 amide bonds. The lowest BCUT2D eigenvalue weighted by Crippen LogP contribution is -2.58. The quantitative estimate of drug-likeness (QED) is 0.439. The van der Waals surface area contributed by atoms with Gasteiger partial charge in [-0.1, -0.05) is 37.6 Å². The predicted molar refractivity (Wildman–Crippen MR) is 99.6 cm³/mol. The second kappa shape index (κ2) is 8.02. The SMILES string of the molecule is CCCC12COC(c3ccc(-c4cc(F)c(OC=C(F)F)c(F)c4)cc3)(OC1)OC2. The summed E-state index contributed by atoms with van der Waals surface area (Å²) in [7, 11) is 0. The molecular formula is C22H20F4O4. The van der Waals surface area contributed by atoms with Crippen LogP contribution in [0.5, 0.6) is 5.75 Å². The highest BCUT2D eigenvalue weighted by Gasteiger charge is 2.53. The summed E-state index contributed by atoms with van der Waals surface area (Å²) in [5.41, 5.74) is 1.26. The Balaban J connectivity index is 1.54. The van der Waals surface area contributed by atoms with Gasteiger partial charge in [0.25, 0.3) is 0 Å². The Bertz CT molecular complexity index is 907. The molecule has 3 aliphatic rings. The maximum absolute atomic E-state index is 14.1. The van der Waals surface area contributed by atoms with E-state index in [0.717, 1.165) is 25.0 Å². The third kappa shape index (κ3) is 3.82.